The number of hydrogen-bond acceptors (Lipinski definition) is 13. The van der Waals surface area contributed by atoms with Gasteiger partial charge in [-0.3, -0.25) is 9.80 Å². The van der Waals surface area contributed by atoms with E-state index < -0.39 is 0 Å². The average Bonchev–Trinajstić information content (AvgIpc) is 4.24. The second-order valence-corrected chi connectivity index (χ2v) is 21.0. The van der Waals surface area contributed by atoms with Crippen molar-refractivity contribution in [3.63, 3.8) is 0 Å². The lowest BCUT2D eigenvalue weighted by atomic mass is 9.95. The molecule has 5 aliphatic heterocycles. The van der Waals surface area contributed by atoms with Crippen LogP contribution in [0, 0.1) is 40.4 Å². The van der Waals surface area contributed by atoms with Crippen LogP contribution in [0.2, 0.25) is 0 Å². The summed E-state index contributed by atoms with van der Waals surface area (Å²) < 4.78 is 12.4. The zero-order valence-electron chi connectivity index (χ0n) is 40.0. The molecule has 5 atom stereocenters. The molecule has 7 heterocycles. The third-order valence-corrected chi connectivity index (χ3v) is 16.5. The van der Waals surface area contributed by atoms with E-state index in [1.165, 1.54) is 78.3 Å². The maximum atomic E-state index is 9.26. The van der Waals surface area contributed by atoms with E-state index in [0.29, 0.717) is 67.3 Å². The second-order valence-electron chi connectivity index (χ2n) is 21.0. The first-order chi connectivity index (χ1) is 33.6. The number of nitriles is 2. The number of nitrogens with zero attached hydrogens (tertiary/aromatic N) is 10. The summed E-state index contributed by atoms with van der Waals surface area (Å²) in [5.74, 6) is 3.57. The summed E-state index contributed by atoms with van der Waals surface area (Å²) in [4.78, 5) is 29.9. The number of anilines is 2. The fourth-order valence-electron chi connectivity index (χ4n) is 12.9. The van der Waals surface area contributed by atoms with Crippen LogP contribution in [0.3, 0.4) is 0 Å². The molecule has 0 radical (unpaired) electrons. The van der Waals surface area contributed by atoms with E-state index in [1.807, 2.05) is 0 Å². The molecular weight excluding hydrogens is 859 g/mol. The third kappa shape index (κ3) is 10.4. The van der Waals surface area contributed by atoms with Gasteiger partial charge in [0.25, 0.3) is 0 Å². The van der Waals surface area contributed by atoms with Gasteiger partial charge in [-0.2, -0.15) is 30.5 Å². The molecule has 13 heteroatoms. The Morgan fingerprint density at radius 1 is 0.565 bits per heavy atom. The zero-order chi connectivity index (χ0) is 45.8. The van der Waals surface area contributed by atoms with E-state index in [-0.39, 0.29) is 7.43 Å². The van der Waals surface area contributed by atoms with Crippen LogP contribution >= 0.6 is 0 Å². The van der Waals surface area contributed by atoms with Crippen molar-refractivity contribution in [2.75, 3.05) is 55.7 Å². The number of aryl methyl sites for hydroxylation is 2. The van der Waals surface area contributed by atoms with Crippen molar-refractivity contribution in [3.8, 4) is 24.2 Å². The Labute approximate surface area is 410 Å². The predicted molar refractivity (Wildman–Crippen MR) is 269 cm³/mol. The summed E-state index contributed by atoms with van der Waals surface area (Å²) in [5.41, 5.74) is 10.7. The van der Waals surface area contributed by atoms with E-state index >= 15 is 0 Å². The highest BCUT2D eigenvalue weighted by molar-refractivity contribution is 5.54. The number of benzene rings is 2. The summed E-state index contributed by atoms with van der Waals surface area (Å²) in [6.07, 6.45) is 17.9. The van der Waals surface area contributed by atoms with Gasteiger partial charge >= 0.3 is 12.0 Å². The first kappa shape index (κ1) is 47.3. The van der Waals surface area contributed by atoms with Crippen LogP contribution in [0.15, 0.2) is 48.5 Å². The number of ether oxygens (including phenoxy) is 2. The highest BCUT2D eigenvalue weighted by Crippen LogP contribution is 2.44. The fourth-order valence-corrected chi connectivity index (χ4v) is 12.9. The molecule has 4 aromatic rings. The van der Waals surface area contributed by atoms with Gasteiger partial charge in [0.05, 0.1) is 30.1 Å². The monoisotopic (exact) mass is 932 g/mol. The van der Waals surface area contributed by atoms with Crippen molar-refractivity contribution in [1.29, 1.82) is 10.5 Å². The molecule has 8 aliphatic rings. The molecule has 1 N–H and O–H groups in total. The highest BCUT2D eigenvalue weighted by atomic mass is 16.5. The molecule has 2 unspecified atom stereocenters. The van der Waals surface area contributed by atoms with Crippen LogP contribution in [0.1, 0.15) is 154 Å². The molecule has 1 saturated carbocycles. The van der Waals surface area contributed by atoms with Gasteiger partial charge in [-0.05, 0) is 124 Å². The molecule has 4 fully saturated rings. The number of hydrogen-bond donors (Lipinski definition) is 1. The van der Waals surface area contributed by atoms with Gasteiger partial charge in [-0.25, -0.2) is 0 Å². The van der Waals surface area contributed by atoms with Crippen LogP contribution in [-0.2, 0) is 39.0 Å². The average molecular weight is 932 g/mol. The highest BCUT2D eigenvalue weighted by Gasteiger charge is 2.38. The fraction of sp³-hybridized carbons (Fsp3) is 0.607. The molecule has 2 aromatic carbocycles. The summed E-state index contributed by atoms with van der Waals surface area (Å²) >= 11 is 0. The topological polar surface area (TPSA) is 143 Å². The smallest absolute Gasteiger partial charge is 0.318 e. The van der Waals surface area contributed by atoms with Crippen LogP contribution in [0.4, 0.5) is 11.6 Å². The summed E-state index contributed by atoms with van der Waals surface area (Å²) in [5, 5.41) is 22.0. The number of aromatic nitrogens is 4. The minimum atomic E-state index is 0. The van der Waals surface area contributed by atoms with E-state index in [0.717, 1.165) is 133 Å². The zero-order valence-corrected chi connectivity index (χ0v) is 40.0. The Bertz CT molecular complexity index is 2320. The van der Waals surface area contributed by atoms with Gasteiger partial charge in [0.15, 0.2) is 0 Å². The quantitative estimate of drug-likeness (QED) is 0.144. The lowest BCUT2D eigenvalue weighted by Gasteiger charge is -2.34. The van der Waals surface area contributed by atoms with Crippen LogP contribution < -0.4 is 24.6 Å². The van der Waals surface area contributed by atoms with Crippen molar-refractivity contribution in [1.82, 2.24) is 35.1 Å². The van der Waals surface area contributed by atoms with E-state index in [2.05, 4.69) is 85.6 Å². The normalized spacial score (nSPS) is 25.2. The summed E-state index contributed by atoms with van der Waals surface area (Å²) in [6, 6.07) is 24.9. The molecular formula is C56H73N11O2. The van der Waals surface area contributed by atoms with E-state index in [1.54, 1.807) is 0 Å². The molecule has 12 rings (SSSR count). The summed E-state index contributed by atoms with van der Waals surface area (Å²) in [6.45, 7) is 9.69. The Balaban J connectivity index is 0.000000158. The van der Waals surface area contributed by atoms with Crippen molar-refractivity contribution < 1.29 is 9.47 Å². The van der Waals surface area contributed by atoms with Crippen molar-refractivity contribution in [2.24, 2.45) is 17.8 Å². The van der Waals surface area contributed by atoms with Gasteiger partial charge in [0.2, 0.25) is 0 Å². The lowest BCUT2D eigenvalue weighted by Crippen LogP contribution is -2.37. The van der Waals surface area contributed by atoms with Crippen molar-refractivity contribution >= 4 is 11.6 Å². The number of nitrogens with one attached hydrogen (secondary N) is 1. The van der Waals surface area contributed by atoms with Gasteiger partial charge < -0.3 is 24.6 Å². The molecule has 0 amide bonds. The van der Waals surface area contributed by atoms with Gasteiger partial charge in [-0.1, -0.05) is 68.8 Å². The van der Waals surface area contributed by atoms with Crippen molar-refractivity contribution in [2.45, 2.75) is 154 Å². The van der Waals surface area contributed by atoms with Crippen molar-refractivity contribution in [3.05, 3.63) is 93.3 Å². The standard InChI is InChI=1S/C28H35N5O.C27H34N6O.CH4/c29-14-13-20-8-5-15-32(16-20)27-24-17-33(26-12-11-22-9-3-4-10-23(22)26)18-25(24)30-28(31-27)34-19-21-6-1-2-7-21;28-12-11-19-5-4-14-32(15-19)26-23-16-33(25-10-9-20-6-1-2-8-22(20)25)17-24(23)30-27(31-26)34-18-21-7-3-13-29-21;/h3-4,9-10,20-21,26H,1-2,5-8,11-13,15-19H2;1-2,6,8,19,21,25,29H,3-5,7,9-11,13-18H2;1H4/t20-,26?;19-,21-,25?;/m00./s1. The Morgan fingerprint density at radius 3 is 1.58 bits per heavy atom. The maximum absolute atomic E-state index is 9.26. The Morgan fingerprint density at radius 2 is 1.07 bits per heavy atom. The predicted octanol–water partition coefficient (Wildman–Crippen LogP) is 9.56. The Hall–Kier alpha value is -5.34. The van der Waals surface area contributed by atoms with Gasteiger partial charge in [0.1, 0.15) is 18.2 Å². The van der Waals surface area contributed by atoms with Gasteiger partial charge in [-0.15, -0.1) is 0 Å². The largest absolute Gasteiger partial charge is 0.463 e. The SMILES string of the molecule is C.N#CC[C@@H]1CCCN(c2nc(OCC3CCCC3)nc3c2CN(C2CCc4ccccc42)C3)C1.N#CC[C@@H]1CCCN(c2nc(OC[C@@H]3CCCN3)nc3c2CN(C2CCc4ccccc42)C3)C1. The molecule has 3 saturated heterocycles. The second kappa shape index (κ2) is 21.7. The molecule has 2 aromatic heterocycles. The number of rotatable bonds is 12. The Kier molecular flexibility index (Phi) is 14.9. The van der Waals surface area contributed by atoms with Crippen LogP contribution in [0.5, 0.6) is 12.0 Å². The number of fused-ring (bicyclic) bond motifs is 4. The summed E-state index contributed by atoms with van der Waals surface area (Å²) in [7, 11) is 0. The van der Waals surface area contributed by atoms with E-state index in [9.17, 15) is 10.5 Å². The van der Waals surface area contributed by atoms with Gasteiger partial charge in [0, 0.05) is 94.5 Å². The number of piperidine rings is 2. The maximum Gasteiger partial charge on any atom is 0.318 e. The minimum Gasteiger partial charge on any atom is -0.463 e. The first-order valence-electron chi connectivity index (χ1n) is 26.2. The molecule has 69 heavy (non-hydrogen) atoms. The first-order valence-corrected chi connectivity index (χ1v) is 26.2. The molecule has 0 spiro atoms. The minimum absolute atomic E-state index is 0. The molecule has 13 nitrogen and oxygen atoms in total. The molecule has 3 aliphatic carbocycles. The molecule has 0 bridgehead atoms. The van der Waals surface area contributed by atoms with E-state index in [4.69, 9.17) is 29.4 Å². The lowest BCUT2D eigenvalue weighted by molar-refractivity contribution is 0.198. The van der Waals surface area contributed by atoms with Crippen LogP contribution in [0.25, 0.3) is 0 Å². The molecule has 364 valence electrons. The van der Waals surface area contributed by atoms with Crippen LogP contribution in [-0.4, -0.2) is 81.7 Å². The third-order valence-electron chi connectivity index (χ3n) is 16.5.